The molecule has 124 valence electrons. The third-order valence-corrected chi connectivity index (χ3v) is 3.80. The molecule has 0 aromatic heterocycles. The minimum Gasteiger partial charge on any atom is -0.480 e. The fraction of sp³-hybridized carbons (Fsp3) is 0.312. The molecular formula is C16H21FN4O2. The Bertz CT molecular complexity index is 698. The molecule has 7 heteroatoms. The van der Waals surface area contributed by atoms with Crippen LogP contribution in [-0.4, -0.2) is 31.5 Å². The second-order valence-electron chi connectivity index (χ2n) is 5.43. The minimum atomic E-state index is -0.578. The van der Waals surface area contributed by atoms with E-state index in [2.05, 4.69) is 5.32 Å². The number of nitrogen functional groups attached to an aromatic ring is 2. The summed E-state index contributed by atoms with van der Waals surface area (Å²) in [6.45, 7) is 2.37. The molecular weight excluding hydrogens is 299 g/mol. The molecule has 23 heavy (non-hydrogen) atoms. The molecule has 0 spiro atoms. The molecule has 1 aromatic rings. The fourth-order valence-corrected chi connectivity index (χ4v) is 2.47. The number of anilines is 2. The number of likely N-dealkylation sites (N-methyl/N-ethyl adjacent to an activating group) is 1. The van der Waals surface area contributed by atoms with Gasteiger partial charge in [0.1, 0.15) is 0 Å². The van der Waals surface area contributed by atoms with Gasteiger partial charge in [0.2, 0.25) is 11.8 Å². The summed E-state index contributed by atoms with van der Waals surface area (Å²) in [5.41, 5.74) is 14.6. The first-order chi connectivity index (χ1) is 10.8. The lowest BCUT2D eigenvalue weighted by Crippen LogP contribution is -2.34. The van der Waals surface area contributed by atoms with Gasteiger partial charge in [-0.25, -0.2) is 4.39 Å². The summed E-state index contributed by atoms with van der Waals surface area (Å²) >= 11 is 0. The van der Waals surface area contributed by atoms with Crippen LogP contribution in [0, 0.1) is 6.92 Å². The third kappa shape index (κ3) is 3.39. The molecule has 0 atom stereocenters. The van der Waals surface area contributed by atoms with Gasteiger partial charge in [-0.15, -0.1) is 0 Å². The Morgan fingerprint density at radius 1 is 1.43 bits per heavy atom. The number of rotatable bonds is 4. The zero-order valence-electron chi connectivity index (χ0n) is 13.4. The maximum absolute atomic E-state index is 13.9. The van der Waals surface area contributed by atoms with Gasteiger partial charge in [0.05, 0.1) is 25.0 Å². The number of methoxy groups -OCH3 is 1. The van der Waals surface area contributed by atoms with Crippen LogP contribution in [0.3, 0.4) is 0 Å². The number of hydrogen-bond acceptors (Lipinski definition) is 5. The molecule has 6 nitrogen and oxygen atoms in total. The van der Waals surface area contributed by atoms with Crippen molar-refractivity contribution in [2.45, 2.75) is 13.5 Å². The van der Waals surface area contributed by atoms with Gasteiger partial charge < -0.3 is 26.4 Å². The second-order valence-corrected chi connectivity index (χ2v) is 5.43. The van der Waals surface area contributed by atoms with Crippen molar-refractivity contribution in [3.63, 3.8) is 0 Å². The molecule has 0 saturated carbocycles. The van der Waals surface area contributed by atoms with E-state index >= 15 is 0 Å². The highest BCUT2D eigenvalue weighted by Gasteiger charge is 2.23. The standard InChI is InChI=1S/C16H21FN4O2/c1-9-4-5-13(18)14(19)11(9)7-20-15(22)10-6-12(17)16(23-3)21(2)8-10/h4-6H,7-8,18-19H2,1-3H3,(H,20,22). The van der Waals surface area contributed by atoms with E-state index < -0.39 is 5.83 Å². The molecule has 5 N–H and O–H groups in total. The van der Waals surface area contributed by atoms with Crippen molar-refractivity contribution in [2.75, 3.05) is 32.2 Å². The van der Waals surface area contributed by atoms with Crippen molar-refractivity contribution in [1.82, 2.24) is 10.2 Å². The Hall–Kier alpha value is -2.70. The number of carbonyl (C=O) groups excluding carboxylic acids is 1. The lowest BCUT2D eigenvalue weighted by atomic mass is 10.0. The van der Waals surface area contributed by atoms with Gasteiger partial charge in [0, 0.05) is 19.2 Å². The topological polar surface area (TPSA) is 93.6 Å². The number of allylic oxidation sites excluding steroid dienone is 2. The van der Waals surface area contributed by atoms with Gasteiger partial charge in [-0.05, 0) is 30.2 Å². The molecule has 2 rings (SSSR count). The number of benzene rings is 1. The van der Waals surface area contributed by atoms with Crippen LogP contribution in [0.4, 0.5) is 15.8 Å². The molecule has 0 aliphatic carbocycles. The van der Waals surface area contributed by atoms with E-state index in [9.17, 15) is 9.18 Å². The Morgan fingerprint density at radius 2 is 2.13 bits per heavy atom. The maximum atomic E-state index is 13.9. The molecule has 0 saturated heterocycles. The minimum absolute atomic E-state index is 0.109. The van der Waals surface area contributed by atoms with Crippen molar-refractivity contribution in [1.29, 1.82) is 0 Å². The first kappa shape index (κ1) is 16.7. The maximum Gasteiger partial charge on any atom is 0.249 e. The van der Waals surface area contributed by atoms with Crippen molar-refractivity contribution >= 4 is 17.3 Å². The van der Waals surface area contributed by atoms with Crippen LogP contribution in [0.25, 0.3) is 0 Å². The number of hydrogen-bond donors (Lipinski definition) is 3. The van der Waals surface area contributed by atoms with Crippen molar-refractivity contribution in [3.05, 3.63) is 46.6 Å². The predicted octanol–water partition coefficient (Wildman–Crippen LogP) is 1.43. The highest BCUT2D eigenvalue weighted by Crippen LogP contribution is 2.24. The molecule has 0 radical (unpaired) electrons. The number of ether oxygens (including phenoxy) is 1. The van der Waals surface area contributed by atoms with E-state index in [4.69, 9.17) is 16.2 Å². The monoisotopic (exact) mass is 320 g/mol. The Balaban J connectivity index is 2.13. The van der Waals surface area contributed by atoms with Gasteiger partial charge in [0.25, 0.3) is 0 Å². The quantitative estimate of drug-likeness (QED) is 0.730. The van der Waals surface area contributed by atoms with E-state index in [0.29, 0.717) is 16.9 Å². The number of nitrogens with zero attached hydrogens (tertiary/aromatic N) is 1. The number of halogens is 1. The van der Waals surface area contributed by atoms with E-state index in [1.165, 1.54) is 18.1 Å². The average Bonchev–Trinajstić information content (AvgIpc) is 2.50. The summed E-state index contributed by atoms with van der Waals surface area (Å²) in [6, 6.07) is 3.56. The first-order valence-corrected chi connectivity index (χ1v) is 7.12. The summed E-state index contributed by atoms with van der Waals surface area (Å²) in [5.74, 6) is -0.827. The molecule has 1 aromatic carbocycles. The predicted molar refractivity (Wildman–Crippen MR) is 87.7 cm³/mol. The Kier molecular flexibility index (Phi) is 4.78. The summed E-state index contributed by atoms with van der Waals surface area (Å²) in [6.07, 6.45) is 1.18. The van der Waals surface area contributed by atoms with Gasteiger partial charge >= 0.3 is 0 Å². The van der Waals surface area contributed by atoms with E-state index in [-0.39, 0.29) is 24.9 Å². The number of carbonyl (C=O) groups is 1. The Morgan fingerprint density at radius 3 is 2.74 bits per heavy atom. The van der Waals surface area contributed by atoms with Crippen molar-refractivity contribution in [3.8, 4) is 0 Å². The molecule has 1 aliphatic rings. The largest absolute Gasteiger partial charge is 0.480 e. The van der Waals surface area contributed by atoms with Crippen LogP contribution in [0.2, 0.25) is 0 Å². The van der Waals surface area contributed by atoms with E-state index in [1.807, 2.05) is 13.0 Å². The summed E-state index contributed by atoms with van der Waals surface area (Å²) < 4.78 is 18.8. The SMILES string of the molecule is COC1=C(F)C=C(C(=O)NCc2c(C)ccc(N)c2N)CN1C. The molecule has 1 amide bonds. The number of nitrogens with two attached hydrogens (primary N) is 2. The molecule has 1 heterocycles. The van der Waals surface area contributed by atoms with Crippen LogP contribution in [-0.2, 0) is 16.1 Å². The van der Waals surface area contributed by atoms with Crippen LogP contribution in [0.15, 0.2) is 35.5 Å². The van der Waals surface area contributed by atoms with Crippen LogP contribution in [0.1, 0.15) is 11.1 Å². The first-order valence-electron chi connectivity index (χ1n) is 7.12. The molecule has 0 unspecified atom stereocenters. The van der Waals surface area contributed by atoms with Crippen molar-refractivity contribution < 1.29 is 13.9 Å². The van der Waals surface area contributed by atoms with Crippen LogP contribution in [0.5, 0.6) is 0 Å². The lowest BCUT2D eigenvalue weighted by Gasteiger charge is -2.26. The summed E-state index contributed by atoms with van der Waals surface area (Å²) in [4.78, 5) is 13.8. The van der Waals surface area contributed by atoms with E-state index in [1.54, 1.807) is 13.1 Å². The zero-order valence-corrected chi connectivity index (χ0v) is 13.4. The molecule has 0 fully saturated rings. The van der Waals surface area contributed by atoms with Gasteiger partial charge in [-0.2, -0.15) is 0 Å². The number of amides is 1. The highest BCUT2D eigenvalue weighted by atomic mass is 19.1. The lowest BCUT2D eigenvalue weighted by molar-refractivity contribution is -0.118. The van der Waals surface area contributed by atoms with Gasteiger partial charge in [-0.3, -0.25) is 4.79 Å². The van der Waals surface area contributed by atoms with Crippen molar-refractivity contribution in [2.24, 2.45) is 0 Å². The summed E-state index contributed by atoms with van der Waals surface area (Å²) in [5, 5.41) is 2.75. The molecule has 1 aliphatic heterocycles. The van der Waals surface area contributed by atoms with Crippen LogP contribution < -0.4 is 16.8 Å². The number of nitrogens with one attached hydrogen (secondary N) is 1. The fourth-order valence-electron chi connectivity index (χ4n) is 2.47. The highest BCUT2D eigenvalue weighted by molar-refractivity contribution is 5.94. The average molecular weight is 320 g/mol. The second kappa shape index (κ2) is 6.60. The summed E-state index contributed by atoms with van der Waals surface area (Å²) in [7, 11) is 3.04. The van der Waals surface area contributed by atoms with Gasteiger partial charge in [-0.1, -0.05) is 6.07 Å². The van der Waals surface area contributed by atoms with Gasteiger partial charge in [0.15, 0.2) is 5.83 Å². The zero-order chi connectivity index (χ0) is 17.1. The normalized spacial score (nSPS) is 14.6. The molecule has 0 bridgehead atoms. The van der Waals surface area contributed by atoms with E-state index in [0.717, 1.165) is 11.1 Å². The third-order valence-electron chi connectivity index (χ3n) is 3.80. The smallest absolute Gasteiger partial charge is 0.249 e. The van der Waals surface area contributed by atoms with Crippen LogP contribution >= 0.6 is 0 Å². The Labute approximate surface area is 134 Å². The number of aryl methyl sites for hydroxylation is 1.